The molecule has 0 atom stereocenters. The van der Waals surface area contributed by atoms with Gasteiger partial charge in [-0.1, -0.05) is 0 Å². The smallest absolute Gasteiger partial charge is 0.253 e. The van der Waals surface area contributed by atoms with E-state index in [2.05, 4.69) is 15.5 Å². The van der Waals surface area contributed by atoms with E-state index in [1.54, 1.807) is 18.2 Å². The average Bonchev–Trinajstić information content (AvgIpc) is 3.11. The van der Waals surface area contributed by atoms with E-state index in [0.29, 0.717) is 36.2 Å². The molecular weight excluding hydrogens is 320 g/mol. The van der Waals surface area contributed by atoms with Gasteiger partial charge in [-0.15, -0.1) is 5.10 Å². The average molecular weight is 340 g/mol. The second kappa shape index (κ2) is 6.58. The molecule has 2 aromatic rings. The highest BCUT2D eigenvalue weighted by molar-refractivity contribution is 5.95. The fourth-order valence-electron chi connectivity index (χ4n) is 3.12. The number of fused-ring (bicyclic) bond motifs is 1. The van der Waals surface area contributed by atoms with Crippen molar-refractivity contribution in [1.82, 2.24) is 15.1 Å². The lowest BCUT2D eigenvalue weighted by molar-refractivity contribution is 0.0718. The molecule has 2 aliphatic rings. The molecule has 1 saturated heterocycles. The quantitative estimate of drug-likeness (QED) is 0.923. The Labute approximate surface area is 146 Å². The molecule has 2 aliphatic heterocycles. The Morgan fingerprint density at radius 3 is 2.68 bits per heavy atom. The molecule has 1 aromatic heterocycles. The number of anilines is 1. The van der Waals surface area contributed by atoms with Gasteiger partial charge in [-0.3, -0.25) is 4.79 Å². The largest absolute Gasteiger partial charge is 0.454 e. The summed E-state index contributed by atoms with van der Waals surface area (Å²) in [6.07, 6.45) is 1.76. The first-order chi connectivity index (χ1) is 12.2. The predicted octanol–water partition coefficient (Wildman–Crippen LogP) is 2.23. The Balaban J connectivity index is 1.35. The number of likely N-dealkylation sites (tertiary alicyclic amines) is 1. The zero-order chi connectivity index (χ0) is 17.2. The van der Waals surface area contributed by atoms with E-state index in [1.807, 2.05) is 24.0 Å². The van der Waals surface area contributed by atoms with Crippen LogP contribution in [-0.2, 0) is 0 Å². The molecule has 1 N–H and O–H groups in total. The van der Waals surface area contributed by atoms with Crippen LogP contribution in [0.15, 0.2) is 30.3 Å². The van der Waals surface area contributed by atoms with Gasteiger partial charge in [-0.2, -0.15) is 5.10 Å². The van der Waals surface area contributed by atoms with Gasteiger partial charge < -0.3 is 19.7 Å². The summed E-state index contributed by atoms with van der Waals surface area (Å²) in [5, 5.41) is 11.6. The van der Waals surface area contributed by atoms with Gasteiger partial charge in [0.15, 0.2) is 11.5 Å². The third-order valence-electron chi connectivity index (χ3n) is 4.55. The summed E-state index contributed by atoms with van der Waals surface area (Å²) in [5.74, 6) is 2.15. The predicted molar refractivity (Wildman–Crippen MR) is 91.9 cm³/mol. The fourth-order valence-corrected chi connectivity index (χ4v) is 3.12. The molecule has 0 spiro atoms. The van der Waals surface area contributed by atoms with Gasteiger partial charge in [0.25, 0.3) is 5.91 Å². The molecule has 0 unspecified atom stereocenters. The first kappa shape index (κ1) is 15.7. The molecule has 0 bridgehead atoms. The maximum absolute atomic E-state index is 12.7. The van der Waals surface area contributed by atoms with Crippen LogP contribution in [0.3, 0.4) is 0 Å². The molecule has 25 heavy (non-hydrogen) atoms. The second-order valence-electron chi connectivity index (χ2n) is 6.34. The minimum absolute atomic E-state index is 0.0341. The Morgan fingerprint density at radius 1 is 1.12 bits per heavy atom. The van der Waals surface area contributed by atoms with Crippen LogP contribution in [0.4, 0.5) is 5.82 Å². The van der Waals surface area contributed by atoms with Gasteiger partial charge in [-0.05, 0) is 50.1 Å². The number of aryl methyl sites for hydroxylation is 1. The first-order valence-corrected chi connectivity index (χ1v) is 8.45. The Hall–Kier alpha value is -2.83. The number of ether oxygens (including phenoxy) is 2. The molecule has 7 nitrogen and oxygen atoms in total. The highest BCUT2D eigenvalue weighted by atomic mass is 16.7. The van der Waals surface area contributed by atoms with Crippen molar-refractivity contribution in [2.24, 2.45) is 0 Å². The van der Waals surface area contributed by atoms with Gasteiger partial charge in [0.05, 0.1) is 5.69 Å². The van der Waals surface area contributed by atoms with E-state index in [9.17, 15) is 4.79 Å². The van der Waals surface area contributed by atoms with Crippen molar-refractivity contribution >= 4 is 11.7 Å². The van der Waals surface area contributed by atoms with Crippen molar-refractivity contribution < 1.29 is 14.3 Å². The first-order valence-electron chi connectivity index (χ1n) is 8.45. The lowest BCUT2D eigenvalue weighted by Gasteiger charge is -2.32. The van der Waals surface area contributed by atoms with Gasteiger partial charge >= 0.3 is 0 Å². The van der Waals surface area contributed by atoms with E-state index in [0.717, 1.165) is 24.4 Å². The monoisotopic (exact) mass is 340 g/mol. The van der Waals surface area contributed by atoms with Crippen LogP contribution in [0.25, 0.3) is 0 Å². The molecule has 7 heteroatoms. The maximum Gasteiger partial charge on any atom is 0.253 e. The molecule has 1 fully saturated rings. The van der Waals surface area contributed by atoms with Crippen molar-refractivity contribution in [3.05, 3.63) is 41.6 Å². The van der Waals surface area contributed by atoms with E-state index < -0.39 is 0 Å². The maximum atomic E-state index is 12.7. The number of amides is 1. The molecule has 0 saturated carbocycles. The number of nitrogens with one attached hydrogen (secondary N) is 1. The van der Waals surface area contributed by atoms with Crippen molar-refractivity contribution in [1.29, 1.82) is 0 Å². The van der Waals surface area contributed by atoms with Gasteiger partial charge in [0.2, 0.25) is 6.79 Å². The summed E-state index contributed by atoms with van der Waals surface area (Å²) in [6.45, 7) is 3.55. The standard InChI is InChI=1S/C18H20N4O3/c1-12-2-5-17(21-20-12)19-14-6-8-22(9-7-14)18(23)13-3-4-15-16(10-13)25-11-24-15/h2-5,10,14H,6-9,11H2,1H3,(H,19,21). The number of piperidine rings is 1. The molecule has 130 valence electrons. The Kier molecular flexibility index (Phi) is 4.13. The van der Waals surface area contributed by atoms with Gasteiger partial charge in [-0.25, -0.2) is 0 Å². The SMILES string of the molecule is Cc1ccc(NC2CCN(C(=O)c3ccc4c(c3)OCO4)CC2)nn1. The summed E-state index contributed by atoms with van der Waals surface area (Å²) in [7, 11) is 0. The van der Waals surface area contributed by atoms with Crippen molar-refractivity contribution in [3.63, 3.8) is 0 Å². The molecule has 3 heterocycles. The fraction of sp³-hybridized carbons (Fsp3) is 0.389. The van der Waals surface area contributed by atoms with Crippen molar-refractivity contribution in [2.75, 3.05) is 25.2 Å². The summed E-state index contributed by atoms with van der Waals surface area (Å²) in [5.41, 5.74) is 1.54. The molecular formula is C18H20N4O3. The number of rotatable bonds is 3. The summed E-state index contributed by atoms with van der Waals surface area (Å²) in [4.78, 5) is 14.6. The van der Waals surface area contributed by atoms with Crippen LogP contribution >= 0.6 is 0 Å². The lowest BCUT2D eigenvalue weighted by atomic mass is 10.0. The number of hydrogen-bond donors (Lipinski definition) is 1. The van der Waals surface area contributed by atoms with E-state index in [-0.39, 0.29) is 12.7 Å². The molecule has 4 rings (SSSR count). The normalized spacial score (nSPS) is 16.8. The van der Waals surface area contributed by atoms with E-state index >= 15 is 0 Å². The lowest BCUT2D eigenvalue weighted by Crippen LogP contribution is -2.42. The van der Waals surface area contributed by atoms with Crippen LogP contribution < -0.4 is 14.8 Å². The molecule has 1 aromatic carbocycles. The Morgan fingerprint density at radius 2 is 1.92 bits per heavy atom. The van der Waals surface area contributed by atoms with Gasteiger partial charge in [0.1, 0.15) is 5.82 Å². The van der Waals surface area contributed by atoms with E-state index in [4.69, 9.17) is 9.47 Å². The summed E-state index contributed by atoms with van der Waals surface area (Å²) >= 11 is 0. The molecule has 0 aliphatic carbocycles. The number of hydrogen-bond acceptors (Lipinski definition) is 6. The topological polar surface area (TPSA) is 76.6 Å². The third kappa shape index (κ3) is 3.35. The van der Waals surface area contributed by atoms with Crippen LogP contribution in [0, 0.1) is 6.92 Å². The number of aromatic nitrogens is 2. The van der Waals surface area contributed by atoms with Crippen LogP contribution in [0.1, 0.15) is 28.9 Å². The van der Waals surface area contributed by atoms with Crippen LogP contribution in [0.5, 0.6) is 11.5 Å². The second-order valence-corrected chi connectivity index (χ2v) is 6.34. The summed E-state index contributed by atoms with van der Waals surface area (Å²) < 4.78 is 10.6. The molecule has 0 radical (unpaired) electrons. The number of carbonyl (C=O) groups is 1. The zero-order valence-corrected chi connectivity index (χ0v) is 14.1. The van der Waals surface area contributed by atoms with Gasteiger partial charge in [0, 0.05) is 24.7 Å². The zero-order valence-electron chi connectivity index (χ0n) is 14.1. The molecule has 1 amide bonds. The van der Waals surface area contributed by atoms with Crippen LogP contribution in [-0.4, -0.2) is 46.9 Å². The number of carbonyl (C=O) groups excluding carboxylic acids is 1. The van der Waals surface area contributed by atoms with Crippen molar-refractivity contribution in [2.45, 2.75) is 25.8 Å². The third-order valence-corrected chi connectivity index (χ3v) is 4.55. The highest BCUT2D eigenvalue weighted by Crippen LogP contribution is 2.33. The Bertz CT molecular complexity index is 770. The van der Waals surface area contributed by atoms with E-state index in [1.165, 1.54) is 0 Å². The highest BCUT2D eigenvalue weighted by Gasteiger charge is 2.25. The van der Waals surface area contributed by atoms with Crippen LogP contribution in [0.2, 0.25) is 0 Å². The minimum atomic E-state index is 0.0341. The summed E-state index contributed by atoms with van der Waals surface area (Å²) in [6, 6.07) is 9.52. The van der Waals surface area contributed by atoms with Crippen molar-refractivity contribution in [3.8, 4) is 11.5 Å². The minimum Gasteiger partial charge on any atom is -0.454 e. The number of benzene rings is 1. The number of nitrogens with zero attached hydrogens (tertiary/aromatic N) is 3.